The minimum absolute atomic E-state index is 0.185. The lowest BCUT2D eigenvalue weighted by Crippen LogP contribution is -2.31. The van der Waals surface area contributed by atoms with Gasteiger partial charge in [-0.1, -0.05) is 25.3 Å². The first-order valence-electron chi connectivity index (χ1n) is 7.67. The molecule has 0 bridgehead atoms. The summed E-state index contributed by atoms with van der Waals surface area (Å²) >= 11 is 0. The maximum absolute atomic E-state index is 13.4. The van der Waals surface area contributed by atoms with Crippen molar-refractivity contribution >= 4 is 11.6 Å². The van der Waals surface area contributed by atoms with Crippen molar-refractivity contribution in [3.05, 3.63) is 78.4 Å². The molecular formula is C20H24FNO2. The van der Waals surface area contributed by atoms with Crippen molar-refractivity contribution in [3.63, 3.8) is 0 Å². The number of carbonyl (C=O) groups is 1. The van der Waals surface area contributed by atoms with Crippen LogP contribution in [0.2, 0.25) is 0 Å². The molecule has 0 saturated carbocycles. The number of allylic oxidation sites excluding steroid dienone is 4. The second kappa shape index (κ2) is 9.50. The van der Waals surface area contributed by atoms with Gasteiger partial charge in [0.05, 0.1) is 0 Å². The highest BCUT2D eigenvalue weighted by molar-refractivity contribution is 5.91. The van der Waals surface area contributed by atoms with Crippen LogP contribution >= 0.6 is 0 Å². The van der Waals surface area contributed by atoms with Crippen molar-refractivity contribution < 1.29 is 13.9 Å². The topological polar surface area (TPSA) is 29.5 Å². The van der Waals surface area contributed by atoms with Gasteiger partial charge in [0.2, 0.25) is 5.91 Å². The van der Waals surface area contributed by atoms with E-state index in [2.05, 4.69) is 13.2 Å². The van der Waals surface area contributed by atoms with Crippen molar-refractivity contribution in [3.8, 4) is 0 Å². The Morgan fingerprint density at radius 3 is 2.62 bits per heavy atom. The lowest BCUT2D eigenvalue weighted by Gasteiger charge is -2.22. The molecule has 0 fully saturated rings. The van der Waals surface area contributed by atoms with E-state index in [-0.39, 0.29) is 24.9 Å². The molecule has 0 aliphatic carbocycles. The highest BCUT2D eigenvalue weighted by Gasteiger charge is 2.13. The largest absolute Gasteiger partial charge is 0.490 e. The molecule has 0 aliphatic rings. The van der Waals surface area contributed by atoms with Crippen molar-refractivity contribution in [1.29, 1.82) is 0 Å². The number of hydrogen-bond acceptors (Lipinski definition) is 2. The van der Waals surface area contributed by atoms with Crippen molar-refractivity contribution in [2.45, 2.75) is 20.8 Å². The molecule has 0 atom stereocenters. The van der Waals surface area contributed by atoms with Crippen LogP contribution in [0.4, 0.5) is 10.1 Å². The van der Waals surface area contributed by atoms with Crippen LogP contribution in [-0.4, -0.2) is 19.1 Å². The Kier molecular flexibility index (Phi) is 7.69. The number of benzene rings is 1. The van der Waals surface area contributed by atoms with Gasteiger partial charge in [0.25, 0.3) is 0 Å². The minimum atomic E-state index is -0.387. The van der Waals surface area contributed by atoms with E-state index in [1.165, 1.54) is 24.0 Å². The smallest absolute Gasteiger partial charge is 0.224 e. The number of amides is 1. The van der Waals surface area contributed by atoms with Gasteiger partial charge in [-0.05, 0) is 55.3 Å². The Balaban J connectivity index is 2.73. The third kappa shape index (κ3) is 6.24. The molecule has 4 heteroatoms. The zero-order valence-electron chi connectivity index (χ0n) is 14.5. The minimum Gasteiger partial charge on any atom is -0.490 e. The van der Waals surface area contributed by atoms with Crippen LogP contribution in [0.25, 0.3) is 0 Å². The summed E-state index contributed by atoms with van der Waals surface area (Å²) in [4.78, 5) is 13.3. The number of hydrogen-bond donors (Lipinski definition) is 0. The zero-order valence-corrected chi connectivity index (χ0v) is 14.5. The maximum Gasteiger partial charge on any atom is 0.224 e. The van der Waals surface area contributed by atoms with Crippen LogP contribution in [0.1, 0.15) is 20.8 Å². The lowest BCUT2D eigenvalue weighted by atomic mass is 10.2. The normalized spacial score (nSPS) is 11.8. The number of rotatable bonds is 8. The molecule has 0 heterocycles. The van der Waals surface area contributed by atoms with Gasteiger partial charge in [-0.25, -0.2) is 4.39 Å². The Morgan fingerprint density at radius 2 is 2.08 bits per heavy atom. The van der Waals surface area contributed by atoms with Gasteiger partial charge in [-0.2, -0.15) is 0 Å². The van der Waals surface area contributed by atoms with E-state index in [4.69, 9.17) is 4.74 Å². The molecule has 0 radical (unpaired) electrons. The summed E-state index contributed by atoms with van der Waals surface area (Å²) in [7, 11) is 0. The molecular weight excluding hydrogens is 305 g/mol. The molecule has 128 valence electrons. The first-order valence-corrected chi connectivity index (χ1v) is 7.67. The fourth-order valence-corrected chi connectivity index (χ4v) is 1.97. The Morgan fingerprint density at radius 1 is 1.38 bits per heavy atom. The van der Waals surface area contributed by atoms with E-state index in [0.29, 0.717) is 17.0 Å². The number of halogens is 1. The quantitative estimate of drug-likeness (QED) is 0.390. The lowest BCUT2D eigenvalue weighted by molar-refractivity contribution is -0.116. The van der Waals surface area contributed by atoms with Crippen molar-refractivity contribution in [1.82, 2.24) is 0 Å². The van der Waals surface area contributed by atoms with Crippen LogP contribution in [0.3, 0.4) is 0 Å². The second-order valence-electron chi connectivity index (χ2n) is 5.41. The molecule has 24 heavy (non-hydrogen) atoms. The molecule has 0 unspecified atom stereocenters. The highest BCUT2D eigenvalue weighted by Crippen LogP contribution is 2.17. The molecule has 1 aromatic carbocycles. The molecule has 0 spiro atoms. The SMILES string of the molecule is C=C/C(C)=C\C(=C/C)OCC(=C)CN(C(C)=O)c1cccc(F)c1. The average Bonchev–Trinajstić information content (AvgIpc) is 2.55. The van der Waals surface area contributed by atoms with E-state index in [0.717, 1.165) is 5.57 Å². The van der Waals surface area contributed by atoms with Gasteiger partial charge in [0, 0.05) is 19.2 Å². The van der Waals surface area contributed by atoms with Crippen LogP contribution in [0.15, 0.2) is 72.6 Å². The molecule has 1 aromatic rings. The van der Waals surface area contributed by atoms with Crippen LogP contribution in [0, 0.1) is 5.82 Å². The summed E-state index contributed by atoms with van der Waals surface area (Å²) in [6.45, 7) is 13.4. The third-order valence-corrected chi connectivity index (χ3v) is 3.30. The predicted molar refractivity (Wildman–Crippen MR) is 97.2 cm³/mol. The number of carbonyl (C=O) groups excluding carboxylic acids is 1. The van der Waals surface area contributed by atoms with Gasteiger partial charge >= 0.3 is 0 Å². The fraction of sp³-hybridized carbons (Fsp3) is 0.250. The summed E-state index contributed by atoms with van der Waals surface area (Å²) < 4.78 is 19.1. The third-order valence-electron chi connectivity index (χ3n) is 3.30. The standard InChI is InChI=1S/C20H24FNO2/c1-6-15(3)11-20(7-2)24-14-16(4)13-22(17(5)23)19-10-8-9-18(21)12-19/h6-12H,1,4,13-14H2,2-3,5H3/b15-11-,20-7+. The predicted octanol–water partition coefficient (Wildman–Crippen LogP) is 4.79. The first-order chi connectivity index (χ1) is 11.4. The average molecular weight is 329 g/mol. The van der Waals surface area contributed by atoms with E-state index in [9.17, 15) is 9.18 Å². The Hall–Kier alpha value is -2.62. The molecule has 0 N–H and O–H groups in total. The summed E-state index contributed by atoms with van der Waals surface area (Å²) in [6, 6.07) is 5.92. The summed E-state index contributed by atoms with van der Waals surface area (Å²) in [5, 5.41) is 0. The molecule has 3 nitrogen and oxygen atoms in total. The molecule has 1 amide bonds. The van der Waals surface area contributed by atoms with E-state index < -0.39 is 0 Å². The van der Waals surface area contributed by atoms with Gasteiger partial charge in [-0.3, -0.25) is 4.79 Å². The number of nitrogens with zero attached hydrogens (tertiary/aromatic N) is 1. The van der Waals surface area contributed by atoms with Crippen LogP contribution in [0.5, 0.6) is 0 Å². The monoisotopic (exact) mass is 329 g/mol. The van der Waals surface area contributed by atoms with Gasteiger partial charge in [0.1, 0.15) is 18.2 Å². The maximum atomic E-state index is 13.4. The molecule has 0 aromatic heterocycles. The Bertz CT molecular complexity index is 674. The van der Waals surface area contributed by atoms with E-state index in [1.54, 1.807) is 18.2 Å². The van der Waals surface area contributed by atoms with Crippen molar-refractivity contribution in [2.24, 2.45) is 0 Å². The van der Waals surface area contributed by atoms with Crippen LogP contribution in [-0.2, 0) is 9.53 Å². The summed E-state index contributed by atoms with van der Waals surface area (Å²) in [5.74, 6) is 0.130. The summed E-state index contributed by atoms with van der Waals surface area (Å²) in [6.07, 6.45) is 5.45. The van der Waals surface area contributed by atoms with Crippen molar-refractivity contribution in [2.75, 3.05) is 18.1 Å². The highest BCUT2D eigenvalue weighted by atomic mass is 19.1. The van der Waals surface area contributed by atoms with Gasteiger partial charge in [-0.15, -0.1) is 0 Å². The van der Waals surface area contributed by atoms with E-state index in [1.807, 2.05) is 26.0 Å². The molecule has 0 aliphatic heterocycles. The molecule has 1 rings (SSSR count). The van der Waals surface area contributed by atoms with Gasteiger partial charge < -0.3 is 9.64 Å². The fourth-order valence-electron chi connectivity index (χ4n) is 1.97. The van der Waals surface area contributed by atoms with E-state index >= 15 is 0 Å². The first kappa shape index (κ1) is 19.4. The van der Waals surface area contributed by atoms with Gasteiger partial charge in [0.15, 0.2) is 0 Å². The zero-order chi connectivity index (χ0) is 18.1. The number of ether oxygens (including phenoxy) is 1. The Labute approximate surface area is 143 Å². The summed E-state index contributed by atoms with van der Waals surface area (Å²) in [5.41, 5.74) is 2.19. The second-order valence-corrected chi connectivity index (χ2v) is 5.41. The van der Waals surface area contributed by atoms with Crippen LogP contribution < -0.4 is 4.90 Å². The number of anilines is 1. The molecule has 0 saturated heterocycles.